The van der Waals surface area contributed by atoms with Gasteiger partial charge in [-0.2, -0.15) is 0 Å². The van der Waals surface area contributed by atoms with Crippen LogP contribution in [0.3, 0.4) is 0 Å². The third-order valence-electron chi connectivity index (χ3n) is 3.20. The minimum Gasteiger partial charge on any atom is -0.310 e. The van der Waals surface area contributed by atoms with Crippen molar-refractivity contribution in [2.24, 2.45) is 5.41 Å². The van der Waals surface area contributed by atoms with Gasteiger partial charge in [0.2, 0.25) is 0 Å². The Kier molecular flexibility index (Phi) is 2.36. The Hall–Kier alpha value is -0.820. The van der Waals surface area contributed by atoms with Gasteiger partial charge in [-0.3, -0.25) is 0 Å². The maximum Gasteiger partial charge on any atom is 0.0377 e. The van der Waals surface area contributed by atoms with Crippen LogP contribution >= 0.6 is 0 Å². The molecular weight excluding hydrogens is 170 g/mol. The second-order valence-corrected chi connectivity index (χ2v) is 4.85. The smallest absolute Gasteiger partial charge is 0.0377 e. The van der Waals surface area contributed by atoms with Gasteiger partial charge in [0.15, 0.2) is 0 Å². The minimum atomic E-state index is 0.361. The second kappa shape index (κ2) is 3.39. The summed E-state index contributed by atoms with van der Waals surface area (Å²) in [6, 6.07) is 9.34. The standard InChI is InChI=1S/C13H19N/c1-4-14-12-11-8-6-5-7-10(11)9-13(12,2)3/h5-8,12,14H,4,9H2,1-3H3. The van der Waals surface area contributed by atoms with Crippen molar-refractivity contribution in [1.82, 2.24) is 5.32 Å². The largest absolute Gasteiger partial charge is 0.310 e. The summed E-state index contributed by atoms with van der Waals surface area (Å²) in [7, 11) is 0. The average Bonchev–Trinajstić information content (AvgIpc) is 2.39. The van der Waals surface area contributed by atoms with Gasteiger partial charge >= 0.3 is 0 Å². The first-order valence-electron chi connectivity index (χ1n) is 5.46. The highest BCUT2D eigenvalue weighted by Crippen LogP contribution is 2.44. The average molecular weight is 189 g/mol. The molecule has 1 aliphatic rings. The quantitative estimate of drug-likeness (QED) is 0.754. The highest BCUT2D eigenvalue weighted by atomic mass is 14.9. The van der Waals surface area contributed by atoms with Crippen LogP contribution in [-0.2, 0) is 6.42 Å². The van der Waals surface area contributed by atoms with E-state index < -0.39 is 0 Å². The monoisotopic (exact) mass is 189 g/mol. The van der Waals surface area contributed by atoms with Gasteiger partial charge in [0, 0.05) is 6.04 Å². The highest BCUT2D eigenvalue weighted by molar-refractivity contribution is 5.37. The van der Waals surface area contributed by atoms with E-state index in [-0.39, 0.29) is 0 Å². The third-order valence-corrected chi connectivity index (χ3v) is 3.20. The van der Waals surface area contributed by atoms with Crippen LogP contribution in [0.4, 0.5) is 0 Å². The van der Waals surface area contributed by atoms with Gasteiger partial charge < -0.3 is 5.32 Å². The molecule has 0 radical (unpaired) electrons. The topological polar surface area (TPSA) is 12.0 Å². The zero-order valence-corrected chi connectivity index (χ0v) is 9.30. The first kappa shape index (κ1) is 9.72. The summed E-state index contributed by atoms with van der Waals surface area (Å²) in [6.45, 7) is 7.92. The lowest BCUT2D eigenvalue weighted by Gasteiger charge is -2.28. The van der Waals surface area contributed by atoms with Crippen LogP contribution in [0, 0.1) is 5.41 Å². The maximum atomic E-state index is 3.59. The lowest BCUT2D eigenvalue weighted by Crippen LogP contribution is -2.30. The summed E-state index contributed by atoms with van der Waals surface area (Å²) in [5, 5.41) is 3.59. The first-order valence-corrected chi connectivity index (χ1v) is 5.46. The fraction of sp³-hybridized carbons (Fsp3) is 0.538. The summed E-state index contributed by atoms with van der Waals surface area (Å²) >= 11 is 0. The van der Waals surface area contributed by atoms with E-state index in [9.17, 15) is 0 Å². The number of benzene rings is 1. The van der Waals surface area contributed by atoms with Gasteiger partial charge in [-0.05, 0) is 29.5 Å². The number of hydrogen-bond acceptors (Lipinski definition) is 1. The number of nitrogens with one attached hydrogen (secondary N) is 1. The van der Waals surface area contributed by atoms with E-state index in [1.165, 1.54) is 17.5 Å². The Bertz CT molecular complexity index is 328. The Morgan fingerprint density at radius 3 is 2.79 bits per heavy atom. The van der Waals surface area contributed by atoms with Crippen molar-refractivity contribution < 1.29 is 0 Å². The van der Waals surface area contributed by atoms with E-state index >= 15 is 0 Å². The molecule has 0 aliphatic heterocycles. The van der Waals surface area contributed by atoms with Crippen molar-refractivity contribution in [3.63, 3.8) is 0 Å². The van der Waals surface area contributed by atoms with Crippen LogP contribution in [0.15, 0.2) is 24.3 Å². The molecule has 0 fully saturated rings. The zero-order valence-electron chi connectivity index (χ0n) is 9.30. The Morgan fingerprint density at radius 2 is 2.07 bits per heavy atom. The number of hydrogen-bond donors (Lipinski definition) is 1. The van der Waals surface area contributed by atoms with Crippen molar-refractivity contribution in [3.8, 4) is 0 Å². The molecule has 0 saturated carbocycles. The van der Waals surface area contributed by atoms with E-state index in [4.69, 9.17) is 0 Å². The molecule has 0 amide bonds. The summed E-state index contributed by atoms with van der Waals surface area (Å²) in [6.07, 6.45) is 1.20. The van der Waals surface area contributed by atoms with Crippen molar-refractivity contribution in [1.29, 1.82) is 0 Å². The molecule has 0 heterocycles. The van der Waals surface area contributed by atoms with Crippen LogP contribution in [0.1, 0.15) is 37.9 Å². The van der Waals surface area contributed by atoms with Crippen molar-refractivity contribution in [2.75, 3.05) is 6.54 Å². The second-order valence-electron chi connectivity index (χ2n) is 4.85. The van der Waals surface area contributed by atoms with Crippen molar-refractivity contribution in [2.45, 2.75) is 33.2 Å². The fourth-order valence-corrected chi connectivity index (χ4v) is 2.58. The predicted molar refractivity (Wildman–Crippen MR) is 60.3 cm³/mol. The highest BCUT2D eigenvalue weighted by Gasteiger charge is 2.37. The Labute approximate surface area is 86.5 Å². The van der Waals surface area contributed by atoms with Gasteiger partial charge in [-0.25, -0.2) is 0 Å². The summed E-state index contributed by atoms with van der Waals surface area (Å²) in [5.74, 6) is 0. The van der Waals surface area contributed by atoms with Gasteiger partial charge in [0.1, 0.15) is 0 Å². The molecule has 0 bridgehead atoms. The van der Waals surface area contributed by atoms with E-state index in [1.807, 2.05) is 0 Å². The molecule has 76 valence electrons. The van der Waals surface area contributed by atoms with Crippen molar-refractivity contribution >= 4 is 0 Å². The summed E-state index contributed by atoms with van der Waals surface area (Å²) in [4.78, 5) is 0. The molecule has 1 atom stereocenters. The van der Waals surface area contributed by atoms with Crippen LogP contribution in [-0.4, -0.2) is 6.54 Å². The van der Waals surface area contributed by atoms with Crippen LogP contribution < -0.4 is 5.32 Å². The van der Waals surface area contributed by atoms with Gasteiger partial charge in [-0.1, -0.05) is 45.0 Å². The molecule has 1 unspecified atom stereocenters. The number of fused-ring (bicyclic) bond motifs is 1. The summed E-state index contributed by atoms with van der Waals surface area (Å²) < 4.78 is 0. The van der Waals surface area contributed by atoms with Crippen LogP contribution in [0.2, 0.25) is 0 Å². The van der Waals surface area contributed by atoms with Crippen LogP contribution in [0.5, 0.6) is 0 Å². The molecule has 1 N–H and O–H groups in total. The third kappa shape index (κ3) is 1.46. The van der Waals surface area contributed by atoms with Crippen LogP contribution in [0.25, 0.3) is 0 Å². The molecule has 1 aliphatic carbocycles. The van der Waals surface area contributed by atoms with Gasteiger partial charge in [0.25, 0.3) is 0 Å². The van der Waals surface area contributed by atoms with Gasteiger partial charge in [-0.15, -0.1) is 0 Å². The molecule has 0 aromatic heterocycles. The molecular formula is C13H19N. The van der Waals surface area contributed by atoms with Gasteiger partial charge in [0.05, 0.1) is 0 Å². The van der Waals surface area contributed by atoms with E-state index in [2.05, 4.69) is 50.4 Å². The molecule has 2 rings (SSSR count). The molecule has 1 nitrogen and oxygen atoms in total. The minimum absolute atomic E-state index is 0.361. The fourth-order valence-electron chi connectivity index (χ4n) is 2.58. The van der Waals surface area contributed by atoms with E-state index in [0.29, 0.717) is 11.5 Å². The summed E-state index contributed by atoms with van der Waals surface area (Å²) in [5.41, 5.74) is 3.38. The molecule has 0 saturated heterocycles. The molecule has 14 heavy (non-hydrogen) atoms. The SMILES string of the molecule is CCNC1c2ccccc2CC1(C)C. The number of rotatable bonds is 2. The Balaban J connectivity index is 2.37. The van der Waals surface area contributed by atoms with E-state index in [1.54, 1.807) is 0 Å². The molecule has 1 heteroatoms. The van der Waals surface area contributed by atoms with Crippen molar-refractivity contribution in [3.05, 3.63) is 35.4 Å². The maximum absolute atomic E-state index is 3.59. The first-order chi connectivity index (χ1) is 6.65. The lowest BCUT2D eigenvalue weighted by molar-refractivity contribution is 0.273. The normalized spacial score (nSPS) is 23.5. The Morgan fingerprint density at radius 1 is 1.36 bits per heavy atom. The van der Waals surface area contributed by atoms with E-state index in [0.717, 1.165) is 6.54 Å². The predicted octanol–water partition coefficient (Wildman–Crippen LogP) is 2.92. The molecule has 0 spiro atoms. The zero-order chi connectivity index (χ0) is 10.2. The molecule has 1 aromatic carbocycles. The lowest BCUT2D eigenvalue weighted by atomic mass is 9.85. The molecule has 1 aromatic rings.